The van der Waals surface area contributed by atoms with E-state index in [9.17, 15) is 14.4 Å². The first-order valence-corrected chi connectivity index (χ1v) is 11.8. The number of amides is 4. The Hall–Kier alpha value is -4.00. The zero-order valence-electron chi connectivity index (χ0n) is 19.0. The molecule has 3 atom stereocenters. The number of para-hydroxylation sites is 2. The van der Waals surface area contributed by atoms with Crippen LogP contribution in [0.5, 0.6) is 0 Å². The number of nitrogens with one attached hydrogen (secondary N) is 1. The summed E-state index contributed by atoms with van der Waals surface area (Å²) in [5.41, 5.74) is 1.02. The van der Waals surface area contributed by atoms with Gasteiger partial charge in [0, 0.05) is 6.54 Å². The van der Waals surface area contributed by atoms with Gasteiger partial charge in [0.2, 0.25) is 5.91 Å². The summed E-state index contributed by atoms with van der Waals surface area (Å²) in [4.78, 5) is 43.7. The molecule has 3 heterocycles. The number of rotatable bonds is 2. The summed E-state index contributed by atoms with van der Waals surface area (Å²) in [6.07, 6.45) is 1.29. The molecule has 4 amide bonds. The summed E-state index contributed by atoms with van der Waals surface area (Å²) >= 11 is 0. The van der Waals surface area contributed by atoms with Crippen LogP contribution in [0, 0.1) is 11.2 Å². The fraction of sp³-hybridized carbons (Fsp3) is 0.250. The van der Waals surface area contributed by atoms with E-state index in [0.717, 1.165) is 16.9 Å². The van der Waals surface area contributed by atoms with Gasteiger partial charge in [-0.25, -0.2) is 14.1 Å². The van der Waals surface area contributed by atoms with Crippen molar-refractivity contribution in [2.45, 2.75) is 31.2 Å². The molecule has 3 aromatic carbocycles. The third-order valence-electron chi connectivity index (χ3n) is 7.70. The Morgan fingerprint density at radius 3 is 2.34 bits per heavy atom. The molecule has 0 radical (unpaired) electrons. The van der Waals surface area contributed by atoms with Crippen molar-refractivity contribution >= 4 is 29.2 Å². The third kappa shape index (κ3) is 3.18. The van der Waals surface area contributed by atoms with Gasteiger partial charge in [0.15, 0.2) is 5.41 Å². The van der Waals surface area contributed by atoms with Gasteiger partial charge in [0.1, 0.15) is 5.82 Å². The quantitative estimate of drug-likeness (QED) is 0.565. The highest BCUT2D eigenvalue weighted by Crippen LogP contribution is 2.51. The van der Waals surface area contributed by atoms with Gasteiger partial charge in [-0.15, -0.1) is 0 Å². The Morgan fingerprint density at radius 1 is 0.886 bits per heavy atom. The van der Waals surface area contributed by atoms with Crippen molar-refractivity contribution < 1.29 is 18.8 Å². The summed E-state index contributed by atoms with van der Waals surface area (Å²) in [7, 11) is 0. The number of urea groups is 1. The maximum atomic E-state index is 15.1. The maximum absolute atomic E-state index is 15.1. The third-order valence-corrected chi connectivity index (χ3v) is 7.70. The van der Waals surface area contributed by atoms with Crippen LogP contribution in [0.1, 0.15) is 29.9 Å². The number of nitrogens with zero attached hydrogens (tertiary/aromatic N) is 2. The first-order valence-electron chi connectivity index (χ1n) is 11.8. The number of barbiturate groups is 1. The minimum absolute atomic E-state index is 0.0318. The first kappa shape index (κ1) is 21.5. The fourth-order valence-electron chi connectivity index (χ4n) is 6.09. The predicted molar refractivity (Wildman–Crippen MR) is 130 cm³/mol. The molecule has 6 nitrogen and oxygen atoms in total. The number of anilines is 2. The molecule has 7 heteroatoms. The number of carbonyl (C=O) groups excluding carboxylic acids is 3. The highest BCUT2D eigenvalue weighted by atomic mass is 19.1. The lowest BCUT2D eigenvalue weighted by Crippen LogP contribution is -2.73. The van der Waals surface area contributed by atoms with Crippen LogP contribution < -0.4 is 15.1 Å². The summed E-state index contributed by atoms with van der Waals surface area (Å²) < 4.78 is 15.1. The maximum Gasteiger partial charge on any atom is 0.335 e. The zero-order valence-corrected chi connectivity index (χ0v) is 19.0. The molecule has 3 aliphatic rings. The number of benzene rings is 3. The molecule has 2 fully saturated rings. The van der Waals surface area contributed by atoms with Gasteiger partial charge >= 0.3 is 6.03 Å². The van der Waals surface area contributed by atoms with Crippen LogP contribution in [0.3, 0.4) is 0 Å². The molecule has 35 heavy (non-hydrogen) atoms. The molecule has 0 aliphatic carbocycles. The average Bonchev–Trinajstić information content (AvgIpc) is 2.88. The van der Waals surface area contributed by atoms with Crippen molar-refractivity contribution in [1.82, 2.24) is 5.32 Å². The van der Waals surface area contributed by atoms with Crippen LogP contribution in [0.2, 0.25) is 0 Å². The molecule has 3 aliphatic heterocycles. The lowest BCUT2D eigenvalue weighted by molar-refractivity contribution is -0.145. The van der Waals surface area contributed by atoms with E-state index in [-0.39, 0.29) is 18.2 Å². The highest BCUT2D eigenvalue weighted by molar-refractivity contribution is 6.30. The highest BCUT2D eigenvalue weighted by Gasteiger charge is 2.63. The number of imide groups is 2. The van der Waals surface area contributed by atoms with Crippen molar-refractivity contribution in [3.05, 3.63) is 95.8 Å². The molecule has 1 N–H and O–H groups in total. The Balaban J connectivity index is 1.51. The number of fused-ring (bicyclic) bond motifs is 4. The summed E-state index contributed by atoms with van der Waals surface area (Å²) in [6.45, 7) is 0.500. The van der Waals surface area contributed by atoms with Crippen molar-refractivity contribution in [3.8, 4) is 0 Å². The number of hydrogen-bond donors (Lipinski definition) is 1. The van der Waals surface area contributed by atoms with Crippen LogP contribution in [0.15, 0.2) is 78.9 Å². The smallest absolute Gasteiger partial charge is 0.335 e. The van der Waals surface area contributed by atoms with E-state index in [1.54, 1.807) is 42.5 Å². The van der Waals surface area contributed by atoms with Gasteiger partial charge in [0.25, 0.3) is 5.91 Å². The summed E-state index contributed by atoms with van der Waals surface area (Å²) in [5, 5.41) is 2.46. The second kappa shape index (κ2) is 8.05. The van der Waals surface area contributed by atoms with Gasteiger partial charge < -0.3 is 4.90 Å². The standard InChI is InChI=1S/C28H24FN3O3/c29-22-13-7-10-20-17-28(25(33)30-27(35)32(26(28)34)21-11-5-2-6-12-21)23-16-19(14-15-31(23)24(20)22)18-8-3-1-4-9-18/h1-13,19,23H,14-17H2,(H,30,33,35)/t19-,23-,28+/m0/s1. The minimum atomic E-state index is -1.56. The van der Waals surface area contributed by atoms with Crippen LogP contribution in [0.4, 0.5) is 20.6 Å². The van der Waals surface area contributed by atoms with E-state index in [2.05, 4.69) is 5.32 Å². The van der Waals surface area contributed by atoms with Crippen LogP contribution >= 0.6 is 0 Å². The van der Waals surface area contributed by atoms with E-state index in [4.69, 9.17) is 0 Å². The number of piperidine rings is 1. The zero-order chi connectivity index (χ0) is 24.2. The van der Waals surface area contributed by atoms with Crippen molar-refractivity contribution in [3.63, 3.8) is 0 Å². The van der Waals surface area contributed by atoms with E-state index in [1.165, 1.54) is 6.07 Å². The van der Waals surface area contributed by atoms with E-state index >= 15 is 4.39 Å². The van der Waals surface area contributed by atoms with E-state index in [1.807, 2.05) is 35.2 Å². The van der Waals surface area contributed by atoms with Crippen molar-refractivity contribution in [2.24, 2.45) is 5.41 Å². The van der Waals surface area contributed by atoms with Crippen LogP contribution in [-0.2, 0) is 16.0 Å². The van der Waals surface area contributed by atoms with Gasteiger partial charge in [0.05, 0.1) is 17.4 Å². The molecular weight excluding hydrogens is 445 g/mol. The molecular formula is C28H24FN3O3. The van der Waals surface area contributed by atoms with Crippen molar-refractivity contribution in [2.75, 3.05) is 16.3 Å². The molecule has 2 saturated heterocycles. The molecule has 1 spiro atoms. The normalized spacial score (nSPS) is 25.8. The predicted octanol–water partition coefficient (Wildman–Crippen LogP) is 4.40. The number of hydrogen-bond acceptors (Lipinski definition) is 4. The second-order valence-electron chi connectivity index (χ2n) is 9.47. The largest absolute Gasteiger partial charge is 0.364 e. The van der Waals surface area contributed by atoms with Gasteiger partial charge in [-0.2, -0.15) is 0 Å². The fourth-order valence-corrected chi connectivity index (χ4v) is 6.09. The molecule has 0 unspecified atom stereocenters. The van der Waals surface area contributed by atoms with Gasteiger partial charge in [-0.05, 0) is 54.5 Å². The van der Waals surface area contributed by atoms with E-state index < -0.39 is 29.3 Å². The topological polar surface area (TPSA) is 69.7 Å². The lowest BCUT2D eigenvalue weighted by atomic mass is 9.64. The molecule has 0 bridgehead atoms. The lowest BCUT2D eigenvalue weighted by Gasteiger charge is -2.54. The van der Waals surface area contributed by atoms with Gasteiger partial charge in [-0.3, -0.25) is 14.9 Å². The Bertz CT molecular complexity index is 1330. The monoisotopic (exact) mass is 469 g/mol. The summed E-state index contributed by atoms with van der Waals surface area (Å²) in [5.74, 6) is -1.43. The first-order chi connectivity index (χ1) is 17.0. The molecule has 0 aromatic heterocycles. The van der Waals surface area contributed by atoms with Gasteiger partial charge in [-0.1, -0.05) is 60.7 Å². The Labute approximate surface area is 202 Å². The Kier molecular flexibility index (Phi) is 4.95. The van der Waals surface area contributed by atoms with Crippen molar-refractivity contribution in [1.29, 1.82) is 0 Å². The average molecular weight is 470 g/mol. The SMILES string of the molecule is O=C1NC(=O)[C@]2(Cc3cccc(F)c3N3CC[C@H](c4ccccc4)C[C@H]32)C(=O)N1c1ccccc1. The minimum Gasteiger partial charge on any atom is -0.364 e. The summed E-state index contributed by atoms with van der Waals surface area (Å²) in [6, 6.07) is 22.0. The second-order valence-corrected chi connectivity index (χ2v) is 9.47. The Morgan fingerprint density at radius 2 is 1.60 bits per heavy atom. The molecule has 0 saturated carbocycles. The number of carbonyl (C=O) groups is 3. The van der Waals surface area contributed by atoms with Crippen LogP contribution in [0.25, 0.3) is 0 Å². The number of halogens is 1. The van der Waals surface area contributed by atoms with Crippen LogP contribution in [-0.4, -0.2) is 30.4 Å². The van der Waals surface area contributed by atoms with E-state index in [0.29, 0.717) is 29.9 Å². The molecule has 3 aromatic rings. The molecule has 6 rings (SSSR count). The molecule has 176 valence electrons.